The summed E-state index contributed by atoms with van der Waals surface area (Å²) in [5.41, 5.74) is 0.858. The zero-order valence-corrected chi connectivity index (χ0v) is 10.7. The Bertz CT molecular complexity index is 397. The van der Waals surface area contributed by atoms with Gasteiger partial charge in [-0.3, -0.25) is 0 Å². The summed E-state index contributed by atoms with van der Waals surface area (Å²) in [6.07, 6.45) is -6.66. The van der Waals surface area contributed by atoms with Crippen molar-refractivity contribution in [2.75, 3.05) is 6.61 Å². The summed E-state index contributed by atoms with van der Waals surface area (Å²) < 4.78 is 5.11. The Morgan fingerprint density at radius 3 is 2.35 bits per heavy atom. The summed E-state index contributed by atoms with van der Waals surface area (Å²) >= 11 is 0. The number of aliphatic hydroxyl groups excluding tert-OH is 4. The minimum Gasteiger partial charge on any atom is -0.394 e. The summed E-state index contributed by atoms with van der Waals surface area (Å²) in [6.45, 7) is -0.376. The molecule has 1 fully saturated rings. The lowest BCUT2D eigenvalue weighted by Crippen LogP contribution is -2.59. The maximum Gasteiger partial charge on any atom is 0.220 e. The molecule has 1 aromatic carbocycles. The molecule has 0 amide bonds. The van der Waals surface area contributed by atoms with E-state index in [0.717, 1.165) is 5.56 Å². The Morgan fingerprint density at radius 2 is 1.70 bits per heavy atom. The van der Waals surface area contributed by atoms with E-state index < -0.39 is 37.3 Å². The van der Waals surface area contributed by atoms with E-state index in [0.29, 0.717) is 0 Å². The SMILES string of the molecule is OCC1OC(OOCc2ccccc2)C(O)C(O)C1O. The Hall–Kier alpha value is -1.06. The highest BCUT2D eigenvalue weighted by Gasteiger charge is 2.44. The van der Waals surface area contributed by atoms with Crippen molar-refractivity contribution in [1.82, 2.24) is 0 Å². The second-order valence-electron chi connectivity index (χ2n) is 4.54. The van der Waals surface area contributed by atoms with Crippen LogP contribution in [0.4, 0.5) is 0 Å². The smallest absolute Gasteiger partial charge is 0.220 e. The van der Waals surface area contributed by atoms with Gasteiger partial charge in [0.15, 0.2) is 0 Å². The van der Waals surface area contributed by atoms with E-state index >= 15 is 0 Å². The summed E-state index contributed by atoms with van der Waals surface area (Å²) in [6, 6.07) is 9.20. The molecular weight excluding hydrogens is 268 g/mol. The number of rotatable bonds is 5. The first-order valence-corrected chi connectivity index (χ1v) is 6.26. The summed E-state index contributed by atoms with van der Waals surface area (Å²) in [7, 11) is 0. The fourth-order valence-corrected chi connectivity index (χ4v) is 1.89. The Labute approximate surface area is 115 Å². The third-order valence-electron chi connectivity index (χ3n) is 3.08. The van der Waals surface area contributed by atoms with E-state index in [1.807, 2.05) is 30.3 Å². The molecule has 0 saturated carbocycles. The standard InChI is InChI=1S/C13H18O7/c14-6-9-10(15)11(16)12(17)13(19-9)20-18-7-8-4-2-1-3-5-8/h1-5,9-17H,6-7H2. The zero-order chi connectivity index (χ0) is 14.5. The van der Waals surface area contributed by atoms with E-state index in [1.165, 1.54) is 0 Å². The van der Waals surface area contributed by atoms with Crippen LogP contribution >= 0.6 is 0 Å². The van der Waals surface area contributed by atoms with E-state index in [-0.39, 0.29) is 6.61 Å². The van der Waals surface area contributed by atoms with Gasteiger partial charge in [-0.15, -0.1) is 0 Å². The first kappa shape index (κ1) is 15.3. The van der Waals surface area contributed by atoms with Crippen molar-refractivity contribution < 1.29 is 34.9 Å². The molecule has 4 N–H and O–H groups in total. The van der Waals surface area contributed by atoms with Gasteiger partial charge in [-0.25, -0.2) is 9.78 Å². The van der Waals surface area contributed by atoms with Gasteiger partial charge in [0.1, 0.15) is 31.0 Å². The first-order valence-electron chi connectivity index (χ1n) is 6.26. The quantitative estimate of drug-likeness (QED) is 0.403. The van der Waals surface area contributed by atoms with Crippen molar-refractivity contribution in [3.8, 4) is 0 Å². The van der Waals surface area contributed by atoms with Gasteiger partial charge in [0.25, 0.3) is 0 Å². The van der Waals surface area contributed by atoms with Crippen LogP contribution in [0.15, 0.2) is 30.3 Å². The number of aliphatic hydroxyl groups is 4. The number of benzene rings is 1. The van der Waals surface area contributed by atoms with E-state index in [2.05, 4.69) is 0 Å². The van der Waals surface area contributed by atoms with Gasteiger partial charge in [-0.1, -0.05) is 30.3 Å². The Morgan fingerprint density at radius 1 is 1.00 bits per heavy atom. The van der Waals surface area contributed by atoms with Crippen LogP contribution < -0.4 is 0 Å². The minimum absolute atomic E-state index is 0.135. The Balaban J connectivity index is 1.85. The molecule has 2 rings (SSSR count). The molecule has 0 radical (unpaired) electrons. The van der Waals surface area contributed by atoms with Crippen LogP contribution in [0.2, 0.25) is 0 Å². The zero-order valence-electron chi connectivity index (χ0n) is 10.7. The van der Waals surface area contributed by atoms with Crippen molar-refractivity contribution in [3.05, 3.63) is 35.9 Å². The predicted octanol–water partition coefficient (Wildman–Crippen LogP) is -1.07. The lowest BCUT2D eigenvalue weighted by Gasteiger charge is -2.38. The second-order valence-corrected chi connectivity index (χ2v) is 4.54. The molecule has 1 saturated heterocycles. The van der Waals surface area contributed by atoms with Crippen LogP contribution in [0.1, 0.15) is 5.56 Å². The average Bonchev–Trinajstić information content (AvgIpc) is 2.48. The third-order valence-corrected chi connectivity index (χ3v) is 3.08. The van der Waals surface area contributed by atoms with Gasteiger partial charge >= 0.3 is 0 Å². The fraction of sp³-hybridized carbons (Fsp3) is 0.538. The molecular formula is C13H18O7. The molecule has 1 aliphatic rings. The van der Waals surface area contributed by atoms with E-state index in [1.54, 1.807) is 0 Å². The van der Waals surface area contributed by atoms with Gasteiger partial charge in [-0.2, -0.15) is 0 Å². The molecule has 1 aliphatic heterocycles. The maximum absolute atomic E-state index is 9.70. The highest BCUT2D eigenvalue weighted by Crippen LogP contribution is 2.22. The van der Waals surface area contributed by atoms with Crippen LogP contribution in [0.25, 0.3) is 0 Å². The monoisotopic (exact) mass is 286 g/mol. The van der Waals surface area contributed by atoms with Crippen LogP contribution in [-0.2, 0) is 21.1 Å². The van der Waals surface area contributed by atoms with Crippen molar-refractivity contribution in [2.45, 2.75) is 37.3 Å². The molecule has 20 heavy (non-hydrogen) atoms. The van der Waals surface area contributed by atoms with Gasteiger partial charge < -0.3 is 25.2 Å². The number of hydrogen-bond donors (Lipinski definition) is 4. The molecule has 5 atom stereocenters. The maximum atomic E-state index is 9.70. The molecule has 7 heteroatoms. The Kier molecular flexibility index (Phi) is 5.44. The van der Waals surface area contributed by atoms with Gasteiger partial charge in [0.2, 0.25) is 6.29 Å². The van der Waals surface area contributed by atoms with Gasteiger partial charge in [0, 0.05) is 0 Å². The molecule has 5 unspecified atom stereocenters. The highest BCUT2D eigenvalue weighted by molar-refractivity contribution is 5.13. The normalized spacial score (nSPS) is 34.1. The van der Waals surface area contributed by atoms with Crippen LogP contribution in [-0.4, -0.2) is 57.7 Å². The average molecular weight is 286 g/mol. The number of ether oxygens (including phenoxy) is 1. The predicted molar refractivity (Wildman–Crippen MR) is 66.1 cm³/mol. The fourth-order valence-electron chi connectivity index (χ4n) is 1.89. The van der Waals surface area contributed by atoms with Gasteiger partial charge in [-0.05, 0) is 5.56 Å². The van der Waals surface area contributed by atoms with Gasteiger partial charge in [0.05, 0.1) is 6.61 Å². The topological polar surface area (TPSA) is 109 Å². The van der Waals surface area contributed by atoms with Crippen molar-refractivity contribution in [1.29, 1.82) is 0 Å². The van der Waals surface area contributed by atoms with Crippen LogP contribution in [0.3, 0.4) is 0 Å². The van der Waals surface area contributed by atoms with Crippen molar-refractivity contribution in [3.63, 3.8) is 0 Å². The minimum atomic E-state index is -1.48. The number of hydrogen-bond acceptors (Lipinski definition) is 7. The first-order chi connectivity index (χ1) is 9.63. The molecule has 7 nitrogen and oxygen atoms in total. The molecule has 0 aliphatic carbocycles. The largest absolute Gasteiger partial charge is 0.394 e. The lowest BCUT2D eigenvalue weighted by atomic mass is 9.99. The molecule has 1 heterocycles. The van der Waals surface area contributed by atoms with Crippen molar-refractivity contribution in [2.24, 2.45) is 0 Å². The molecule has 0 spiro atoms. The molecule has 1 aromatic rings. The van der Waals surface area contributed by atoms with E-state index in [4.69, 9.17) is 19.6 Å². The third kappa shape index (κ3) is 3.53. The van der Waals surface area contributed by atoms with Crippen LogP contribution in [0, 0.1) is 0 Å². The summed E-state index contributed by atoms with van der Waals surface area (Å²) in [5.74, 6) is 0. The molecule has 0 aromatic heterocycles. The molecule has 112 valence electrons. The summed E-state index contributed by atoms with van der Waals surface area (Å²) in [4.78, 5) is 9.84. The van der Waals surface area contributed by atoms with E-state index in [9.17, 15) is 15.3 Å². The lowest BCUT2D eigenvalue weighted by molar-refractivity contribution is -0.430. The second kappa shape index (κ2) is 7.09. The summed E-state index contributed by atoms with van der Waals surface area (Å²) in [5, 5.41) is 37.9. The highest BCUT2D eigenvalue weighted by atomic mass is 17.2. The van der Waals surface area contributed by atoms with Crippen LogP contribution in [0.5, 0.6) is 0 Å². The van der Waals surface area contributed by atoms with Crippen molar-refractivity contribution >= 4 is 0 Å². The molecule has 0 bridgehead atoms.